The lowest BCUT2D eigenvalue weighted by Gasteiger charge is -2.18. The molecular formula is C23H19Cl2N5O4S. The summed E-state index contributed by atoms with van der Waals surface area (Å²) in [6.07, 6.45) is 0. The number of halogens is 2. The zero-order chi connectivity index (χ0) is 25.5. The minimum atomic E-state index is -3.96. The Hall–Kier alpha value is -3.47. The minimum Gasteiger partial charge on any atom is -0.350 e. The molecule has 0 unspecified atom stereocenters. The van der Waals surface area contributed by atoms with Crippen LogP contribution in [-0.4, -0.2) is 30.2 Å². The molecular weight excluding hydrogens is 513 g/mol. The third-order valence-corrected chi connectivity index (χ3v) is 7.25. The summed E-state index contributed by atoms with van der Waals surface area (Å²) in [7, 11) is -3.96. The molecule has 2 N–H and O–H groups in total. The Bertz CT molecular complexity index is 1480. The number of hydrogen-bond donors (Lipinski definition) is 2. The first-order valence-electron chi connectivity index (χ1n) is 10.2. The van der Waals surface area contributed by atoms with Crippen molar-refractivity contribution < 1.29 is 18.0 Å². The van der Waals surface area contributed by atoms with Gasteiger partial charge in [0, 0.05) is 22.1 Å². The van der Waals surface area contributed by atoms with Gasteiger partial charge in [-0.3, -0.25) is 9.59 Å². The van der Waals surface area contributed by atoms with Crippen LogP contribution >= 0.6 is 23.2 Å². The molecule has 180 valence electrons. The fourth-order valence-corrected chi connectivity index (χ4v) is 4.81. The van der Waals surface area contributed by atoms with E-state index >= 15 is 0 Å². The number of aromatic nitrogens is 2. The topological polar surface area (TPSA) is 121 Å². The number of anilines is 3. The van der Waals surface area contributed by atoms with E-state index in [1.807, 2.05) is 0 Å². The zero-order valence-electron chi connectivity index (χ0n) is 18.8. The highest BCUT2D eigenvalue weighted by Gasteiger charge is 2.39. The number of imide groups is 1. The summed E-state index contributed by atoms with van der Waals surface area (Å²) >= 11 is 12.3. The average Bonchev–Trinajstić information content (AvgIpc) is 2.98. The molecule has 0 fully saturated rings. The van der Waals surface area contributed by atoms with Gasteiger partial charge >= 0.3 is 0 Å². The number of rotatable bonds is 6. The summed E-state index contributed by atoms with van der Waals surface area (Å²) in [5.74, 6) is -1.38. The monoisotopic (exact) mass is 531 g/mol. The highest BCUT2D eigenvalue weighted by molar-refractivity contribution is 7.92. The Balaban J connectivity index is 1.55. The molecule has 35 heavy (non-hydrogen) atoms. The molecule has 2 aromatic carbocycles. The Kier molecular flexibility index (Phi) is 6.54. The van der Waals surface area contributed by atoms with Crippen LogP contribution in [0.4, 0.5) is 17.3 Å². The van der Waals surface area contributed by atoms with E-state index in [9.17, 15) is 18.0 Å². The van der Waals surface area contributed by atoms with E-state index in [1.165, 1.54) is 24.3 Å². The fraction of sp³-hybridized carbons (Fsp3) is 0.130. The first-order chi connectivity index (χ1) is 16.5. The van der Waals surface area contributed by atoms with Gasteiger partial charge < -0.3 is 5.32 Å². The second-order valence-corrected chi connectivity index (χ2v) is 10.2. The number of carbonyl (C=O) groups is 2. The van der Waals surface area contributed by atoms with E-state index in [-0.39, 0.29) is 21.6 Å². The maximum Gasteiger partial charge on any atom is 0.283 e. The number of carbonyl (C=O) groups excluding carboxylic acids is 2. The van der Waals surface area contributed by atoms with E-state index in [0.717, 1.165) is 4.90 Å². The number of nitrogens with one attached hydrogen (secondary N) is 2. The van der Waals surface area contributed by atoms with Gasteiger partial charge in [-0.2, -0.15) is 0 Å². The van der Waals surface area contributed by atoms with Crippen LogP contribution in [0.15, 0.2) is 64.2 Å². The normalized spacial score (nSPS) is 14.0. The van der Waals surface area contributed by atoms with Crippen molar-refractivity contribution in [2.75, 3.05) is 14.9 Å². The standard InChI is InChI=1S/C23H19Cl2N5O4S/c1-12-11-13(2)27-23(26-12)29-35(33,34)16-9-7-15(8-10-16)28-20-19(25)21(31)30(22(20)32)18-6-4-5-17(24)14(18)3/h4-11,28H,1-3H3,(H,26,27,29). The van der Waals surface area contributed by atoms with E-state index in [4.69, 9.17) is 23.2 Å². The Morgan fingerprint density at radius 2 is 1.51 bits per heavy atom. The highest BCUT2D eigenvalue weighted by atomic mass is 35.5. The molecule has 0 aliphatic carbocycles. The van der Waals surface area contributed by atoms with Crippen LogP contribution in [0.25, 0.3) is 0 Å². The van der Waals surface area contributed by atoms with Gasteiger partial charge in [-0.25, -0.2) is 28.0 Å². The van der Waals surface area contributed by atoms with Gasteiger partial charge in [0.2, 0.25) is 5.95 Å². The summed E-state index contributed by atoms with van der Waals surface area (Å²) in [6, 6.07) is 12.2. The largest absolute Gasteiger partial charge is 0.350 e. The molecule has 0 saturated carbocycles. The average molecular weight is 532 g/mol. The van der Waals surface area contributed by atoms with Gasteiger partial charge in [-0.15, -0.1) is 0 Å². The van der Waals surface area contributed by atoms with Gasteiger partial charge in [-0.05, 0) is 68.8 Å². The summed E-state index contributed by atoms with van der Waals surface area (Å²) in [6.45, 7) is 5.15. The van der Waals surface area contributed by atoms with Crippen molar-refractivity contribution in [2.24, 2.45) is 0 Å². The molecule has 4 rings (SSSR count). The van der Waals surface area contributed by atoms with E-state index in [0.29, 0.717) is 33.3 Å². The number of hydrogen-bond acceptors (Lipinski definition) is 7. The van der Waals surface area contributed by atoms with Gasteiger partial charge in [0.15, 0.2) is 0 Å². The molecule has 0 atom stereocenters. The molecule has 12 heteroatoms. The summed E-state index contributed by atoms with van der Waals surface area (Å²) in [5.41, 5.74) is 2.34. The minimum absolute atomic E-state index is 0.0342. The molecule has 0 radical (unpaired) electrons. The van der Waals surface area contributed by atoms with Gasteiger partial charge in [-0.1, -0.05) is 29.3 Å². The molecule has 1 aromatic heterocycles. The smallest absolute Gasteiger partial charge is 0.283 e. The summed E-state index contributed by atoms with van der Waals surface area (Å²) < 4.78 is 27.8. The maximum atomic E-state index is 13.0. The third kappa shape index (κ3) is 4.86. The van der Waals surface area contributed by atoms with Crippen LogP contribution in [0.2, 0.25) is 5.02 Å². The van der Waals surface area contributed by atoms with Crippen LogP contribution in [0, 0.1) is 20.8 Å². The van der Waals surface area contributed by atoms with Crippen molar-refractivity contribution in [3.8, 4) is 0 Å². The Morgan fingerprint density at radius 1 is 0.886 bits per heavy atom. The number of benzene rings is 2. The predicted molar refractivity (Wildman–Crippen MR) is 134 cm³/mol. The van der Waals surface area contributed by atoms with Crippen LogP contribution in [0.5, 0.6) is 0 Å². The van der Waals surface area contributed by atoms with Crippen LogP contribution < -0.4 is 14.9 Å². The number of aryl methyl sites for hydroxylation is 2. The summed E-state index contributed by atoms with van der Waals surface area (Å²) in [4.78, 5) is 34.8. The molecule has 0 bridgehead atoms. The first-order valence-corrected chi connectivity index (χ1v) is 12.5. The van der Waals surface area contributed by atoms with Gasteiger partial charge in [0.05, 0.1) is 10.6 Å². The SMILES string of the molecule is Cc1cc(C)nc(NS(=O)(=O)c2ccc(NC3=C(Cl)C(=O)N(c4cccc(Cl)c4C)C3=O)cc2)n1. The van der Waals surface area contributed by atoms with E-state index in [1.54, 1.807) is 45.0 Å². The van der Waals surface area contributed by atoms with Gasteiger partial charge in [0.25, 0.3) is 21.8 Å². The van der Waals surface area contributed by atoms with Crippen molar-refractivity contribution in [1.82, 2.24) is 9.97 Å². The summed E-state index contributed by atoms with van der Waals surface area (Å²) in [5, 5.41) is 2.92. The van der Waals surface area contributed by atoms with Crippen LogP contribution in [-0.2, 0) is 19.6 Å². The lowest BCUT2D eigenvalue weighted by Crippen LogP contribution is -2.32. The second-order valence-electron chi connectivity index (χ2n) is 7.75. The lowest BCUT2D eigenvalue weighted by molar-refractivity contribution is -0.120. The molecule has 0 saturated heterocycles. The molecule has 3 aromatic rings. The zero-order valence-corrected chi connectivity index (χ0v) is 21.1. The van der Waals surface area contributed by atoms with E-state index < -0.39 is 21.8 Å². The Morgan fingerprint density at radius 3 is 2.14 bits per heavy atom. The molecule has 1 aliphatic heterocycles. The quantitative estimate of drug-likeness (QED) is 0.455. The van der Waals surface area contributed by atoms with Crippen molar-refractivity contribution in [1.29, 1.82) is 0 Å². The first kappa shape index (κ1) is 24.6. The number of sulfonamides is 1. The molecule has 9 nitrogen and oxygen atoms in total. The third-order valence-electron chi connectivity index (χ3n) is 5.15. The van der Waals surface area contributed by atoms with Crippen molar-refractivity contribution in [3.05, 3.63) is 81.2 Å². The van der Waals surface area contributed by atoms with Gasteiger partial charge in [0.1, 0.15) is 10.7 Å². The number of nitrogens with zero attached hydrogens (tertiary/aromatic N) is 3. The molecule has 2 amide bonds. The second kappa shape index (κ2) is 9.29. The highest BCUT2D eigenvalue weighted by Crippen LogP contribution is 2.34. The van der Waals surface area contributed by atoms with Crippen LogP contribution in [0.1, 0.15) is 17.0 Å². The molecule has 2 heterocycles. The van der Waals surface area contributed by atoms with Crippen LogP contribution in [0.3, 0.4) is 0 Å². The van der Waals surface area contributed by atoms with Crippen molar-refractivity contribution >= 4 is 62.4 Å². The van der Waals surface area contributed by atoms with Crippen molar-refractivity contribution in [3.63, 3.8) is 0 Å². The maximum absolute atomic E-state index is 13.0. The molecule has 0 spiro atoms. The fourth-order valence-electron chi connectivity index (χ4n) is 3.48. The Labute approximate surface area is 211 Å². The lowest BCUT2D eigenvalue weighted by atomic mass is 10.2. The number of amides is 2. The van der Waals surface area contributed by atoms with E-state index in [2.05, 4.69) is 20.0 Å². The van der Waals surface area contributed by atoms with Crippen molar-refractivity contribution in [2.45, 2.75) is 25.7 Å². The molecule has 1 aliphatic rings. The predicted octanol–water partition coefficient (Wildman–Crippen LogP) is 4.29.